The van der Waals surface area contributed by atoms with Crippen LogP contribution in [0.3, 0.4) is 0 Å². The molecule has 1 aliphatic heterocycles. The number of carbonyl (C=O) groups is 1. The lowest BCUT2D eigenvalue weighted by Gasteiger charge is -2.40. The lowest BCUT2D eigenvalue weighted by atomic mass is 9.85. The molecule has 0 spiro atoms. The molecule has 0 amide bonds. The van der Waals surface area contributed by atoms with E-state index in [9.17, 15) is 4.79 Å². The van der Waals surface area contributed by atoms with Gasteiger partial charge in [-0.1, -0.05) is 37.1 Å². The molecule has 0 radical (unpaired) electrons. The molecule has 116 valence electrons. The van der Waals surface area contributed by atoms with Crippen molar-refractivity contribution in [3.63, 3.8) is 0 Å². The zero-order valence-corrected chi connectivity index (χ0v) is 13.3. The Morgan fingerprint density at radius 1 is 1.52 bits per heavy atom. The quantitative estimate of drug-likeness (QED) is 0.843. The summed E-state index contributed by atoms with van der Waals surface area (Å²) in [6, 6.07) is 7.43. The van der Waals surface area contributed by atoms with E-state index in [-0.39, 0.29) is 12.1 Å². The second-order valence-electron chi connectivity index (χ2n) is 5.41. The first-order valence-corrected chi connectivity index (χ1v) is 7.72. The molecule has 1 aliphatic rings. The largest absolute Gasteiger partial charge is 0.467 e. The summed E-state index contributed by atoms with van der Waals surface area (Å²) in [6.45, 7) is 2.65. The summed E-state index contributed by atoms with van der Waals surface area (Å²) in [4.78, 5) is 12.4. The summed E-state index contributed by atoms with van der Waals surface area (Å²) in [5, 5.41) is 3.91. The third-order valence-electron chi connectivity index (χ3n) is 3.89. The van der Waals surface area contributed by atoms with Crippen LogP contribution in [0.4, 0.5) is 5.69 Å². The third kappa shape index (κ3) is 3.69. The Kier molecular flexibility index (Phi) is 5.48. The van der Waals surface area contributed by atoms with E-state index in [1.807, 2.05) is 18.2 Å². The van der Waals surface area contributed by atoms with Crippen molar-refractivity contribution in [2.75, 3.05) is 19.0 Å². The molecule has 1 saturated heterocycles. The first-order valence-electron chi connectivity index (χ1n) is 7.34. The van der Waals surface area contributed by atoms with Crippen molar-refractivity contribution in [1.29, 1.82) is 0 Å². The molecule has 21 heavy (non-hydrogen) atoms. The molecule has 1 aromatic rings. The first-order chi connectivity index (χ1) is 10.1. The number of carbonyl (C=O) groups excluding carboxylic acids is 1. The van der Waals surface area contributed by atoms with Crippen molar-refractivity contribution in [1.82, 2.24) is 0 Å². The predicted molar refractivity (Wildman–Crippen MR) is 83.7 cm³/mol. The maximum atomic E-state index is 12.4. The number of esters is 1. The second-order valence-corrected chi connectivity index (χ2v) is 5.82. The van der Waals surface area contributed by atoms with Crippen molar-refractivity contribution in [2.45, 2.75) is 44.2 Å². The molecule has 1 aromatic carbocycles. The summed E-state index contributed by atoms with van der Waals surface area (Å²) < 4.78 is 10.8. The van der Waals surface area contributed by atoms with Crippen LogP contribution in [0.15, 0.2) is 24.3 Å². The fourth-order valence-corrected chi connectivity index (χ4v) is 3.01. The van der Waals surface area contributed by atoms with Gasteiger partial charge in [-0.05, 0) is 18.6 Å². The molecule has 5 heteroatoms. The Morgan fingerprint density at radius 2 is 2.29 bits per heavy atom. The molecule has 0 aliphatic carbocycles. The molecular weight excluding hydrogens is 290 g/mol. The van der Waals surface area contributed by atoms with Gasteiger partial charge in [-0.3, -0.25) is 0 Å². The molecule has 1 N–H and O–H groups in total. The van der Waals surface area contributed by atoms with Crippen molar-refractivity contribution in [2.24, 2.45) is 0 Å². The lowest BCUT2D eigenvalue weighted by molar-refractivity contribution is -0.151. The molecule has 0 saturated carbocycles. The van der Waals surface area contributed by atoms with E-state index in [1.54, 1.807) is 6.07 Å². The van der Waals surface area contributed by atoms with Crippen LogP contribution < -0.4 is 5.32 Å². The normalized spacial score (nSPS) is 25.4. The Labute approximate surface area is 130 Å². The smallest absolute Gasteiger partial charge is 0.331 e. The third-order valence-corrected chi connectivity index (χ3v) is 4.22. The van der Waals surface area contributed by atoms with Gasteiger partial charge in [0.25, 0.3) is 0 Å². The van der Waals surface area contributed by atoms with Gasteiger partial charge in [0.05, 0.1) is 23.9 Å². The molecule has 1 heterocycles. The fraction of sp³-hybridized carbons (Fsp3) is 0.562. The van der Waals surface area contributed by atoms with Crippen LogP contribution in [-0.4, -0.2) is 31.3 Å². The number of para-hydroxylation sites is 1. The highest BCUT2D eigenvalue weighted by atomic mass is 35.5. The summed E-state index contributed by atoms with van der Waals surface area (Å²) in [5.74, 6) is -0.258. The molecule has 4 nitrogen and oxygen atoms in total. The van der Waals surface area contributed by atoms with Gasteiger partial charge < -0.3 is 14.8 Å². The Balaban J connectivity index is 2.25. The molecule has 1 fully saturated rings. The van der Waals surface area contributed by atoms with Crippen molar-refractivity contribution < 1.29 is 14.3 Å². The van der Waals surface area contributed by atoms with E-state index in [1.165, 1.54) is 7.11 Å². The van der Waals surface area contributed by atoms with Crippen molar-refractivity contribution >= 4 is 23.3 Å². The molecular formula is C16H22ClNO3. The number of methoxy groups -OCH3 is 1. The number of nitrogens with one attached hydrogen (secondary N) is 1. The highest BCUT2D eigenvalue weighted by molar-refractivity contribution is 6.33. The number of halogens is 1. The topological polar surface area (TPSA) is 47.6 Å². The van der Waals surface area contributed by atoms with Gasteiger partial charge in [0.1, 0.15) is 5.54 Å². The monoisotopic (exact) mass is 311 g/mol. The molecule has 0 aromatic heterocycles. The fourth-order valence-electron chi connectivity index (χ4n) is 2.82. The van der Waals surface area contributed by atoms with Gasteiger partial charge in [-0.15, -0.1) is 0 Å². The van der Waals surface area contributed by atoms with Gasteiger partial charge in [0.15, 0.2) is 0 Å². The highest BCUT2D eigenvalue weighted by Gasteiger charge is 2.44. The maximum Gasteiger partial charge on any atom is 0.331 e. The second kappa shape index (κ2) is 7.14. The van der Waals surface area contributed by atoms with Gasteiger partial charge in [-0.25, -0.2) is 4.79 Å². The molecule has 0 bridgehead atoms. The van der Waals surface area contributed by atoms with Crippen LogP contribution in [0.1, 0.15) is 32.6 Å². The van der Waals surface area contributed by atoms with Gasteiger partial charge in [0, 0.05) is 19.4 Å². The number of hydrogen-bond acceptors (Lipinski definition) is 4. The van der Waals surface area contributed by atoms with Crippen molar-refractivity contribution in [3.8, 4) is 0 Å². The zero-order chi connectivity index (χ0) is 15.3. The minimum absolute atomic E-state index is 0.0674. The van der Waals surface area contributed by atoms with E-state index in [2.05, 4.69) is 12.2 Å². The van der Waals surface area contributed by atoms with E-state index < -0.39 is 5.54 Å². The van der Waals surface area contributed by atoms with Crippen LogP contribution in [0.5, 0.6) is 0 Å². The van der Waals surface area contributed by atoms with E-state index >= 15 is 0 Å². The Bertz CT molecular complexity index is 492. The van der Waals surface area contributed by atoms with Crippen LogP contribution >= 0.6 is 11.6 Å². The average molecular weight is 312 g/mol. The number of rotatable bonds is 5. The average Bonchev–Trinajstić information content (AvgIpc) is 2.49. The molecule has 2 atom stereocenters. The van der Waals surface area contributed by atoms with Crippen molar-refractivity contribution in [3.05, 3.63) is 29.3 Å². The summed E-state index contributed by atoms with van der Waals surface area (Å²) in [5.41, 5.74) is -0.0145. The number of hydrogen-bond donors (Lipinski definition) is 1. The number of anilines is 1. The predicted octanol–water partition coefficient (Wildman–Crippen LogP) is 3.64. The Hall–Kier alpha value is -1.26. The summed E-state index contributed by atoms with van der Waals surface area (Å²) in [7, 11) is 1.42. The SMILES string of the molecule is CCCC1CC(Nc2ccccc2Cl)(C(=O)OC)CCO1. The van der Waals surface area contributed by atoms with E-state index in [4.69, 9.17) is 21.1 Å². The minimum atomic E-state index is -0.766. The van der Waals surface area contributed by atoms with E-state index in [0.717, 1.165) is 18.5 Å². The highest BCUT2D eigenvalue weighted by Crippen LogP contribution is 2.34. The molecule has 2 rings (SSSR count). The summed E-state index contributed by atoms with van der Waals surface area (Å²) in [6.07, 6.45) is 3.19. The standard InChI is InChI=1S/C16H22ClNO3/c1-3-6-12-11-16(9-10-21-12,15(19)20-2)18-14-8-5-4-7-13(14)17/h4-5,7-8,12,18H,3,6,9-11H2,1-2H3. The summed E-state index contributed by atoms with van der Waals surface area (Å²) >= 11 is 6.21. The number of benzene rings is 1. The van der Waals surface area contributed by atoms with Gasteiger partial charge >= 0.3 is 5.97 Å². The first kappa shape index (κ1) is 16.1. The van der Waals surface area contributed by atoms with E-state index in [0.29, 0.717) is 24.5 Å². The van der Waals surface area contributed by atoms with Crippen LogP contribution in [0.25, 0.3) is 0 Å². The van der Waals surface area contributed by atoms with Gasteiger partial charge in [-0.2, -0.15) is 0 Å². The maximum absolute atomic E-state index is 12.4. The lowest BCUT2D eigenvalue weighted by Crippen LogP contribution is -2.53. The molecule has 2 unspecified atom stereocenters. The van der Waals surface area contributed by atoms with Crippen LogP contribution in [-0.2, 0) is 14.3 Å². The van der Waals surface area contributed by atoms with Gasteiger partial charge in [0.2, 0.25) is 0 Å². The Morgan fingerprint density at radius 3 is 2.95 bits per heavy atom. The number of ether oxygens (including phenoxy) is 2. The zero-order valence-electron chi connectivity index (χ0n) is 12.5. The van der Waals surface area contributed by atoms with Crippen LogP contribution in [0, 0.1) is 0 Å². The van der Waals surface area contributed by atoms with Crippen LogP contribution in [0.2, 0.25) is 5.02 Å². The minimum Gasteiger partial charge on any atom is -0.467 e.